The van der Waals surface area contributed by atoms with Crippen LogP contribution in [-0.2, 0) is 0 Å². The summed E-state index contributed by atoms with van der Waals surface area (Å²) in [6, 6.07) is 7.89. The SMILES string of the molecule is C=CC(/C=C/c1ccc(N(CCO)CCO)cc1)=C\C=N\CCO. The van der Waals surface area contributed by atoms with E-state index in [1.807, 2.05) is 47.4 Å². The van der Waals surface area contributed by atoms with Gasteiger partial charge in [0.25, 0.3) is 0 Å². The average molecular weight is 330 g/mol. The zero-order valence-electron chi connectivity index (χ0n) is 13.9. The minimum absolute atomic E-state index is 0.0412. The molecule has 130 valence electrons. The number of nitrogens with zero attached hydrogens (tertiary/aromatic N) is 2. The summed E-state index contributed by atoms with van der Waals surface area (Å²) in [5, 5.41) is 26.8. The van der Waals surface area contributed by atoms with Crippen LogP contribution in [0.15, 0.2) is 59.6 Å². The van der Waals surface area contributed by atoms with Crippen molar-refractivity contribution in [2.45, 2.75) is 0 Å². The van der Waals surface area contributed by atoms with Crippen molar-refractivity contribution in [1.29, 1.82) is 0 Å². The Labute approximate surface area is 143 Å². The van der Waals surface area contributed by atoms with Crippen molar-refractivity contribution in [2.24, 2.45) is 4.99 Å². The molecule has 0 amide bonds. The number of hydrogen-bond acceptors (Lipinski definition) is 5. The molecule has 0 atom stereocenters. The normalized spacial score (nSPS) is 12.2. The summed E-state index contributed by atoms with van der Waals surface area (Å²) in [5.41, 5.74) is 2.92. The molecule has 1 aromatic carbocycles. The van der Waals surface area contributed by atoms with Crippen molar-refractivity contribution in [3.8, 4) is 0 Å². The number of aliphatic hydroxyl groups is 3. The highest BCUT2D eigenvalue weighted by atomic mass is 16.3. The third kappa shape index (κ3) is 7.37. The van der Waals surface area contributed by atoms with E-state index in [2.05, 4.69) is 11.6 Å². The van der Waals surface area contributed by atoms with E-state index in [1.54, 1.807) is 12.3 Å². The van der Waals surface area contributed by atoms with Gasteiger partial charge in [-0.1, -0.05) is 36.9 Å². The van der Waals surface area contributed by atoms with Crippen LogP contribution in [-0.4, -0.2) is 61.0 Å². The van der Waals surface area contributed by atoms with Gasteiger partial charge in [-0.05, 0) is 29.3 Å². The molecule has 0 aliphatic carbocycles. The molecule has 0 heterocycles. The molecule has 0 fully saturated rings. The number of aliphatic hydroxyl groups excluding tert-OH is 3. The largest absolute Gasteiger partial charge is 0.395 e. The van der Waals surface area contributed by atoms with Crippen molar-refractivity contribution in [3.63, 3.8) is 0 Å². The fourth-order valence-electron chi connectivity index (χ4n) is 2.06. The Bertz CT molecular complexity index is 556. The summed E-state index contributed by atoms with van der Waals surface area (Å²) in [6.45, 7) is 5.28. The molecule has 0 bridgehead atoms. The van der Waals surface area contributed by atoms with E-state index in [0.717, 1.165) is 16.8 Å². The topological polar surface area (TPSA) is 76.3 Å². The Morgan fingerprint density at radius 2 is 1.71 bits per heavy atom. The van der Waals surface area contributed by atoms with E-state index < -0.39 is 0 Å². The average Bonchev–Trinajstić information content (AvgIpc) is 2.61. The molecule has 0 saturated heterocycles. The van der Waals surface area contributed by atoms with Gasteiger partial charge in [0, 0.05) is 25.0 Å². The molecule has 0 aromatic heterocycles. The van der Waals surface area contributed by atoms with E-state index in [0.29, 0.717) is 19.6 Å². The van der Waals surface area contributed by atoms with Crippen LogP contribution < -0.4 is 4.90 Å². The van der Waals surface area contributed by atoms with Crippen LogP contribution in [0.5, 0.6) is 0 Å². The number of benzene rings is 1. The fourth-order valence-corrected chi connectivity index (χ4v) is 2.06. The summed E-state index contributed by atoms with van der Waals surface area (Å²) in [6.07, 6.45) is 9.13. The lowest BCUT2D eigenvalue weighted by molar-refractivity contribution is 0.281. The highest BCUT2D eigenvalue weighted by Crippen LogP contribution is 2.16. The van der Waals surface area contributed by atoms with Crippen LogP contribution in [0, 0.1) is 0 Å². The Balaban J connectivity index is 2.75. The standard InChI is InChI=1S/C19H26N2O3/c1-2-17(9-10-20-11-14-22)3-4-18-5-7-19(8-6-18)21(12-15-23)13-16-24/h2-10,22-24H,1,11-16H2/b4-3+,17-9+,20-10+. The maximum absolute atomic E-state index is 9.08. The third-order valence-corrected chi connectivity index (χ3v) is 3.30. The van der Waals surface area contributed by atoms with Crippen LogP contribution in [0.3, 0.4) is 0 Å². The number of aliphatic imine (C=N–C) groups is 1. The second kappa shape index (κ2) is 12.2. The van der Waals surface area contributed by atoms with Crippen LogP contribution in [0.4, 0.5) is 5.69 Å². The highest BCUT2D eigenvalue weighted by Gasteiger charge is 2.04. The van der Waals surface area contributed by atoms with Gasteiger partial charge in [-0.3, -0.25) is 4.99 Å². The van der Waals surface area contributed by atoms with Gasteiger partial charge in [-0.25, -0.2) is 0 Å². The predicted octanol–water partition coefficient (Wildman–Crippen LogP) is 1.67. The van der Waals surface area contributed by atoms with Crippen LogP contribution in [0.25, 0.3) is 6.08 Å². The van der Waals surface area contributed by atoms with Gasteiger partial charge >= 0.3 is 0 Å². The first-order chi connectivity index (χ1) is 11.7. The first-order valence-electron chi connectivity index (χ1n) is 7.93. The van der Waals surface area contributed by atoms with E-state index in [1.165, 1.54) is 0 Å². The molecule has 0 spiro atoms. The predicted molar refractivity (Wildman–Crippen MR) is 101 cm³/mol. The van der Waals surface area contributed by atoms with E-state index in [-0.39, 0.29) is 19.8 Å². The van der Waals surface area contributed by atoms with E-state index >= 15 is 0 Å². The van der Waals surface area contributed by atoms with Crippen LogP contribution in [0.1, 0.15) is 5.56 Å². The van der Waals surface area contributed by atoms with Crippen LogP contribution >= 0.6 is 0 Å². The fraction of sp³-hybridized carbons (Fsp3) is 0.316. The van der Waals surface area contributed by atoms with Gasteiger partial charge in [0.2, 0.25) is 0 Å². The van der Waals surface area contributed by atoms with E-state index in [9.17, 15) is 0 Å². The van der Waals surface area contributed by atoms with Gasteiger partial charge in [-0.15, -0.1) is 0 Å². The monoisotopic (exact) mass is 330 g/mol. The molecule has 1 aromatic rings. The molecular formula is C19H26N2O3. The molecule has 0 aliphatic heterocycles. The quantitative estimate of drug-likeness (QED) is 0.426. The Hall–Kier alpha value is -2.21. The van der Waals surface area contributed by atoms with Gasteiger partial charge in [0.05, 0.1) is 26.4 Å². The smallest absolute Gasteiger partial charge is 0.0626 e. The minimum atomic E-state index is 0.0412. The molecule has 0 unspecified atom stereocenters. The third-order valence-electron chi connectivity index (χ3n) is 3.30. The van der Waals surface area contributed by atoms with Gasteiger partial charge in [0.1, 0.15) is 0 Å². The first kappa shape index (κ1) is 19.8. The second-order valence-electron chi connectivity index (χ2n) is 5.01. The zero-order valence-corrected chi connectivity index (χ0v) is 13.9. The van der Waals surface area contributed by atoms with Gasteiger partial charge in [-0.2, -0.15) is 0 Å². The molecule has 0 aliphatic rings. The van der Waals surface area contributed by atoms with Crippen LogP contribution in [0.2, 0.25) is 0 Å². The number of allylic oxidation sites excluding steroid dienone is 4. The first-order valence-corrected chi connectivity index (χ1v) is 7.93. The lowest BCUT2D eigenvalue weighted by Crippen LogP contribution is -2.29. The lowest BCUT2D eigenvalue weighted by Gasteiger charge is -2.22. The molecule has 1 rings (SSSR count). The summed E-state index contributed by atoms with van der Waals surface area (Å²) >= 11 is 0. The lowest BCUT2D eigenvalue weighted by atomic mass is 10.1. The zero-order chi connectivity index (χ0) is 17.6. The molecule has 5 nitrogen and oxygen atoms in total. The molecule has 0 radical (unpaired) electrons. The molecule has 3 N–H and O–H groups in total. The Kier molecular flexibility index (Phi) is 10.1. The maximum atomic E-state index is 9.08. The summed E-state index contributed by atoms with van der Waals surface area (Å²) in [7, 11) is 0. The second-order valence-corrected chi connectivity index (χ2v) is 5.01. The van der Waals surface area contributed by atoms with E-state index in [4.69, 9.17) is 15.3 Å². The Morgan fingerprint density at radius 3 is 2.25 bits per heavy atom. The van der Waals surface area contributed by atoms with Crippen molar-refractivity contribution in [3.05, 3.63) is 60.2 Å². The summed E-state index contributed by atoms with van der Waals surface area (Å²) in [5.74, 6) is 0. The van der Waals surface area contributed by atoms with Gasteiger partial charge < -0.3 is 20.2 Å². The number of anilines is 1. The van der Waals surface area contributed by atoms with Crippen molar-refractivity contribution >= 4 is 18.0 Å². The molecular weight excluding hydrogens is 304 g/mol. The number of rotatable bonds is 11. The van der Waals surface area contributed by atoms with Gasteiger partial charge in [0.15, 0.2) is 0 Å². The minimum Gasteiger partial charge on any atom is -0.395 e. The summed E-state index contributed by atoms with van der Waals surface area (Å²) < 4.78 is 0. The molecule has 24 heavy (non-hydrogen) atoms. The highest BCUT2D eigenvalue weighted by molar-refractivity contribution is 5.75. The van der Waals surface area contributed by atoms with Crippen molar-refractivity contribution in [1.82, 2.24) is 0 Å². The molecule has 0 saturated carbocycles. The number of hydrogen-bond donors (Lipinski definition) is 3. The summed E-state index contributed by atoms with van der Waals surface area (Å²) in [4.78, 5) is 5.95. The van der Waals surface area contributed by atoms with Crippen molar-refractivity contribution in [2.75, 3.05) is 44.4 Å². The maximum Gasteiger partial charge on any atom is 0.0626 e. The molecule has 5 heteroatoms. The van der Waals surface area contributed by atoms with Crippen molar-refractivity contribution < 1.29 is 15.3 Å². The Morgan fingerprint density at radius 1 is 1.04 bits per heavy atom.